The third-order valence-corrected chi connectivity index (χ3v) is 1.05. The van der Waals surface area contributed by atoms with Crippen LogP contribution in [-0.4, -0.2) is 30.7 Å². The van der Waals surface area contributed by atoms with Crippen LogP contribution in [-0.2, 0) is 9.47 Å². The van der Waals surface area contributed by atoms with Crippen molar-refractivity contribution in [2.24, 2.45) is 0 Å². The van der Waals surface area contributed by atoms with Crippen LogP contribution in [0.2, 0.25) is 0 Å². The molecule has 0 aromatic heterocycles. The summed E-state index contributed by atoms with van der Waals surface area (Å²) >= 11 is 0. The molecule has 1 rings (SSSR count). The molecule has 3 nitrogen and oxygen atoms in total. The molecule has 1 fully saturated rings. The molecule has 1 saturated heterocycles. The minimum absolute atomic E-state index is 0.0374. The third kappa shape index (κ3) is 1.18. The summed E-state index contributed by atoms with van der Waals surface area (Å²) in [5.41, 5.74) is 0. The second-order valence-electron chi connectivity index (χ2n) is 1.89. The molecule has 1 aliphatic rings. The van der Waals surface area contributed by atoms with E-state index in [-0.39, 0.29) is 19.0 Å². The van der Waals surface area contributed by atoms with Crippen molar-refractivity contribution in [1.82, 2.24) is 0 Å². The Bertz CT molecular complexity index is 74.1. The molecule has 48 valence electrons. The molecule has 0 saturated carbocycles. The number of hydrogen-bond donors (Lipinski definition) is 1. The number of hydrogen-bond acceptors (Lipinski definition) is 3. The molecule has 0 bridgehead atoms. The molecular formula is C5H10O3. The fourth-order valence-corrected chi connectivity index (χ4v) is 0.676. The quantitative estimate of drug-likeness (QED) is 0.515. The van der Waals surface area contributed by atoms with E-state index in [1.807, 2.05) is 6.92 Å². The first-order valence-corrected chi connectivity index (χ1v) is 2.71. The van der Waals surface area contributed by atoms with E-state index in [0.717, 1.165) is 0 Å². The summed E-state index contributed by atoms with van der Waals surface area (Å²) in [5.74, 6) is 0. The maximum Gasteiger partial charge on any atom is 0.181 e. The summed E-state index contributed by atoms with van der Waals surface area (Å²) in [6, 6.07) is 0. The average Bonchev–Trinajstić information content (AvgIpc) is 2.14. The average molecular weight is 118 g/mol. The van der Waals surface area contributed by atoms with E-state index in [0.29, 0.717) is 6.61 Å². The van der Waals surface area contributed by atoms with Crippen molar-refractivity contribution in [2.45, 2.75) is 19.3 Å². The van der Waals surface area contributed by atoms with Crippen molar-refractivity contribution in [3.63, 3.8) is 0 Å². The van der Waals surface area contributed by atoms with Crippen LogP contribution in [0, 0.1) is 0 Å². The minimum Gasteiger partial charge on any atom is -0.391 e. The Morgan fingerprint density at radius 1 is 1.75 bits per heavy atom. The fourth-order valence-electron chi connectivity index (χ4n) is 0.676. The highest BCUT2D eigenvalue weighted by atomic mass is 16.7. The van der Waals surface area contributed by atoms with Crippen molar-refractivity contribution in [3.05, 3.63) is 0 Å². The van der Waals surface area contributed by atoms with E-state index in [9.17, 15) is 0 Å². The van der Waals surface area contributed by atoms with Gasteiger partial charge in [0.1, 0.15) is 0 Å². The summed E-state index contributed by atoms with van der Waals surface area (Å²) in [5, 5.41) is 8.43. The van der Waals surface area contributed by atoms with Crippen molar-refractivity contribution in [3.8, 4) is 0 Å². The Morgan fingerprint density at radius 3 is 2.75 bits per heavy atom. The van der Waals surface area contributed by atoms with Gasteiger partial charge >= 0.3 is 0 Å². The van der Waals surface area contributed by atoms with Crippen molar-refractivity contribution in [2.75, 3.05) is 13.2 Å². The van der Waals surface area contributed by atoms with Gasteiger partial charge in [0.25, 0.3) is 0 Å². The number of rotatable bonds is 1. The van der Waals surface area contributed by atoms with Crippen LogP contribution in [0.1, 0.15) is 6.92 Å². The molecule has 0 spiro atoms. The molecule has 0 aliphatic carbocycles. The first-order valence-electron chi connectivity index (χ1n) is 2.71. The SMILES string of the molecule is C[C@@H]1CO[C@H](CO)O1. The van der Waals surface area contributed by atoms with Crippen molar-refractivity contribution >= 4 is 0 Å². The van der Waals surface area contributed by atoms with E-state index in [1.165, 1.54) is 0 Å². The van der Waals surface area contributed by atoms with E-state index < -0.39 is 0 Å². The maximum absolute atomic E-state index is 8.43. The second-order valence-corrected chi connectivity index (χ2v) is 1.89. The summed E-state index contributed by atoms with van der Waals surface area (Å²) in [7, 11) is 0. The predicted molar refractivity (Wildman–Crippen MR) is 27.4 cm³/mol. The molecule has 0 radical (unpaired) electrons. The van der Waals surface area contributed by atoms with E-state index in [4.69, 9.17) is 14.6 Å². The Morgan fingerprint density at radius 2 is 2.50 bits per heavy atom. The Hall–Kier alpha value is -0.120. The summed E-state index contributed by atoms with van der Waals surface area (Å²) < 4.78 is 9.98. The number of aliphatic hydroxyl groups is 1. The van der Waals surface area contributed by atoms with Crippen LogP contribution >= 0.6 is 0 Å². The smallest absolute Gasteiger partial charge is 0.181 e. The lowest BCUT2D eigenvalue weighted by Crippen LogP contribution is -2.13. The highest BCUT2D eigenvalue weighted by Gasteiger charge is 2.20. The lowest BCUT2D eigenvalue weighted by Gasteiger charge is -2.02. The topological polar surface area (TPSA) is 38.7 Å². The Kier molecular flexibility index (Phi) is 1.83. The van der Waals surface area contributed by atoms with Gasteiger partial charge in [-0.25, -0.2) is 0 Å². The molecule has 1 aliphatic heterocycles. The normalized spacial score (nSPS) is 38.2. The van der Waals surface area contributed by atoms with Crippen LogP contribution in [0.4, 0.5) is 0 Å². The fraction of sp³-hybridized carbons (Fsp3) is 1.00. The van der Waals surface area contributed by atoms with Gasteiger partial charge in [-0.05, 0) is 6.92 Å². The van der Waals surface area contributed by atoms with Crippen LogP contribution < -0.4 is 0 Å². The first kappa shape index (κ1) is 6.01. The van der Waals surface area contributed by atoms with Gasteiger partial charge in [0, 0.05) is 0 Å². The van der Waals surface area contributed by atoms with Crippen molar-refractivity contribution < 1.29 is 14.6 Å². The van der Waals surface area contributed by atoms with E-state index >= 15 is 0 Å². The molecule has 0 amide bonds. The summed E-state index contributed by atoms with van der Waals surface area (Å²) in [4.78, 5) is 0. The summed E-state index contributed by atoms with van der Waals surface area (Å²) in [6.07, 6.45) is -0.225. The van der Waals surface area contributed by atoms with Crippen molar-refractivity contribution in [1.29, 1.82) is 0 Å². The molecule has 0 unspecified atom stereocenters. The highest BCUT2D eigenvalue weighted by molar-refractivity contribution is 4.57. The zero-order chi connectivity index (χ0) is 5.98. The molecule has 1 N–H and O–H groups in total. The first-order chi connectivity index (χ1) is 3.83. The summed E-state index contributed by atoms with van der Waals surface area (Å²) in [6.45, 7) is 2.48. The molecule has 3 heteroatoms. The van der Waals surface area contributed by atoms with Gasteiger partial charge in [-0.15, -0.1) is 0 Å². The van der Waals surface area contributed by atoms with Gasteiger partial charge in [-0.2, -0.15) is 0 Å². The molecule has 0 aromatic rings. The minimum atomic E-state index is -0.370. The Labute approximate surface area is 48.2 Å². The number of aliphatic hydroxyl groups excluding tert-OH is 1. The lowest BCUT2D eigenvalue weighted by atomic mass is 10.5. The van der Waals surface area contributed by atoms with E-state index in [1.54, 1.807) is 0 Å². The molecule has 0 aromatic carbocycles. The van der Waals surface area contributed by atoms with Crippen LogP contribution in [0.25, 0.3) is 0 Å². The van der Waals surface area contributed by atoms with Crippen LogP contribution in [0.3, 0.4) is 0 Å². The molecule has 2 atom stereocenters. The largest absolute Gasteiger partial charge is 0.391 e. The van der Waals surface area contributed by atoms with Gasteiger partial charge in [-0.1, -0.05) is 0 Å². The third-order valence-electron chi connectivity index (χ3n) is 1.05. The van der Waals surface area contributed by atoms with Gasteiger partial charge in [0.05, 0.1) is 19.3 Å². The van der Waals surface area contributed by atoms with Crippen LogP contribution in [0.15, 0.2) is 0 Å². The van der Waals surface area contributed by atoms with Crippen LogP contribution in [0.5, 0.6) is 0 Å². The van der Waals surface area contributed by atoms with Gasteiger partial charge < -0.3 is 14.6 Å². The maximum atomic E-state index is 8.43. The highest BCUT2D eigenvalue weighted by Crippen LogP contribution is 2.08. The van der Waals surface area contributed by atoms with Gasteiger partial charge in [0.15, 0.2) is 6.29 Å². The number of ether oxygens (including phenoxy) is 2. The zero-order valence-corrected chi connectivity index (χ0v) is 4.83. The predicted octanol–water partition coefficient (Wildman–Crippen LogP) is -0.260. The zero-order valence-electron chi connectivity index (χ0n) is 4.83. The standard InChI is InChI=1S/C5H10O3/c1-4-3-7-5(2-6)8-4/h4-6H,2-3H2,1H3/t4-,5+/m1/s1. The Balaban J connectivity index is 2.22. The van der Waals surface area contributed by atoms with Gasteiger partial charge in [0.2, 0.25) is 0 Å². The molecular weight excluding hydrogens is 108 g/mol. The second kappa shape index (κ2) is 2.44. The van der Waals surface area contributed by atoms with Gasteiger partial charge in [-0.3, -0.25) is 0 Å². The molecule has 1 heterocycles. The monoisotopic (exact) mass is 118 g/mol. The lowest BCUT2D eigenvalue weighted by molar-refractivity contribution is -0.0853. The molecule has 8 heavy (non-hydrogen) atoms. The van der Waals surface area contributed by atoms with E-state index in [2.05, 4.69) is 0 Å².